The second-order valence-electron chi connectivity index (χ2n) is 7.97. The van der Waals surface area contributed by atoms with Gasteiger partial charge in [0, 0.05) is 44.7 Å². The Morgan fingerprint density at radius 2 is 2.16 bits per heavy atom. The molecule has 0 bridgehead atoms. The summed E-state index contributed by atoms with van der Waals surface area (Å²) in [7, 11) is 1.57. The van der Waals surface area contributed by atoms with Gasteiger partial charge >= 0.3 is 0 Å². The average Bonchev–Trinajstić information content (AvgIpc) is 3.42. The van der Waals surface area contributed by atoms with Gasteiger partial charge in [-0.15, -0.1) is 0 Å². The van der Waals surface area contributed by atoms with Crippen molar-refractivity contribution < 1.29 is 23.6 Å². The summed E-state index contributed by atoms with van der Waals surface area (Å²) in [6.07, 6.45) is 3.51. The van der Waals surface area contributed by atoms with E-state index in [9.17, 15) is 9.59 Å². The predicted molar refractivity (Wildman–Crippen MR) is 113 cm³/mol. The first-order valence-electron chi connectivity index (χ1n) is 10.5. The molecular formula is C22H26ClN3O5. The number of piperidine rings is 1. The van der Waals surface area contributed by atoms with Crippen LogP contribution in [0, 0.1) is 5.92 Å². The second-order valence-corrected chi connectivity index (χ2v) is 8.37. The van der Waals surface area contributed by atoms with Gasteiger partial charge in [0.1, 0.15) is 18.1 Å². The monoisotopic (exact) mass is 447 g/mol. The van der Waals surface area contributed by atoms with Crippen LogP contribution in [-0.4, -0.2) is 60.1 Å². The molecule has 9 heteroatoms. The summed E-state index contributed by atoms with van der Waals surface area (Å²) in [4.78, 5) is 28.5. The molecule has 2 aromatic rings. The summed E-state index contributed by atoms with van der Waals surface area (Å²) in [5.41, 5.74) is 0.261. The zero-order chi connectivity index (χ0) is 21.8. The highest BCUT2D eigenvalue weighted by molar-refractivity contribution is 6.32. The fourth-order valence-corrected chi connectivity index (χ4v) is 4.35. The van der Waals surface area contributed by atoms with Gasteiger partial charge in [0.15, 0.2) is 11.5 Å². The van der Waals surface area contributed by atoms with Crippen LogP contribution in [0.15, 0.2) is 28.8 Å². The molecular weight excluding hydrogens is 422 g/mol. The van der Waals surface area contributed by atoms with E-state index >= 15 is 0 Å². The van der Waals surface area contributed by atoms with Crippen molar-refractivity contribution in [2.75, 3.05) is 33.3 Å². The van der Waals surface area contributed by atoms with Gasteiger partial charge in [-0.1, -0.05) is 16.8 Å². The van der Waals surface area contributed by atoms with Crippen molar-refractivity contribution in [2.45, 2.75) is 32.3 Å². The Kier molecular flexibility index (Phi) is 6.65. The van der Waals surface area contributed by atoms with Crippen molar-refractivity contribution >= 4 is 23.4 Å². The number of carbonyl (C=O) groups is 2. The Bertz CT molecular complexity index is 947. The molecule has 0 radical (unpaired) electrons. The van der Waals surface area contributed by atoms with Crippen LogP contribution in [0.4, 0.5) is 0 Å². The minimum absolute atomic E-state index is 0.103. The molecule has 0 N–H and O–H groups in total. The van der Waals surface area contributed by atoms with E-state index in [2.05, 4.69) is 5.16 Å². The molecule has 1 aromatic heterocycles. The molecule has 166 valence electrons. The van der Waals surface area contributed by atoms with E-state index in [4.69, 9.17) is 25.6 Å². The zero-order valence-corrected chi connectivity index (χ0v) is 18.3. The summed E-state index contributed by atoms with van der Waals surface area (Å²) < 4.78 is 16.1. The smallest absolute Gasteiger partial charge is 0.276 e. The van der Waals surface area contributed by atoms with Crippen LogP contribution >= 0.6 is 11.6 Å². The van der Waals surface area contributed by atoms with Gasteiger partial charge < -0.3 is 23.8 Å². The Labute approximate surface area is 186 Å². The summed E-state index contributed by atoms with van der Waals surface area (Å²) in [6, 6.07) is 6.73. The van der Waals surface area contributed by atoms with Gasteiger partial charge in [-0.2, -0.15) is 0 Å². The maximum atomic E-state index is 12.9. The van der Waals surface area contributed by atoms with E-state index < -0.39 is 0 Å². The van der Waals surface area contributed by atoms with Crippen LogP contribution in [0.5, 0.6) is 11.5 Å². The van der Waals surface area contributed by atoms with Crippen molar-refractivity contribution in [2.24, 2.45) is 5.92 Å². The highest BCUT2D eigenvalue weighted by Gasteiger charge is 2.30. The number of aromatic nitrogens is 1. The quantitative estimate of drug-likeness (QED) is 0.646. The van der Waals surface area contributed by atoms with Crippen LogP contribution in [-0.2, 0) is 11.4 Å². The fourth-order valence-electron chi connectivity index (χ4n) is 4.13. The van der Waals surface area contributed by atoms with E-state index in [0.717, 1.165) is 32.4 Å². The number of hydrogen-bond donors (Lipinski definition) is 0. The molecule has 8 nitrogen and oxygen atoms in total. The van der Waals surface area contributed by atoms with E-state index in [1.807, 2.05) is 4.90 Å². The lowest BCUT2D eigenvalue weighted by atomic mass is 9.97. The third-order valence-electron chi connectivity index (χ3n) is 5.74. The Hall–Kier alpha value is -2.74. The van der Waals surface area contributed by atoms with Crippen LogP contribution in [0.3, 0.4) is 0 Å². The third-order valence-corrected chi connectivity index (χ3v) is 6.04. The first-order chi connectivity index (χ1) is 15.0. The second kappa shape index (κ2) is 9.60. The van der Waals surface area contributed by atoms with Gasteiger partial charge in [-0.3, -0.25) is 9.59 Å². The third kappa shape index (κ3) is 5.12. The molecule has 3 heterocycles. The number of halogens is 1. The van der Waals surface area contributed by atoms with Gasteiger partial charge in [-0.25, -0.2) is 0 Å². The lowest BCUT2D eigenvalue weighted by Crippen LogP contribution is -2.44. The van der Waals surface area contributed by atoms with Crippen LogP contribution in [0.25, 0.3) is 0 Å². The molecule has 0 spiro atoms. The van der Waals surface area contributed by atoms with Crippen molar-refractivity contribution in [3.05, 3.63) is 40.7 Å². The van der Waals surface area contributed by atoms with E-state index in [-0.39, 0.29) is 24.1 Å². The van der Waals surface area contributed by atoms with Gasteiger partial charge in [0.2, 0.25) is 5.91 Å². The summed E-state index contributed by atoms with van der Waals surface area (Å²) >= 11 is 6.18. The fraction of sp³-hybridized carbons (Fsp3) is 0.500. The Morgan fingerprint density at radius 3 is 2.90 bits per heavy atom. The molecule has 31 heavy (non-hydrogen) atoms. The standard InChI is InChI=1S/C22H26ClN3O5/c1-29-16-6-7-20(18(23)10-16)30-14-17-11-19(24-31-17)22(28)26-9-2-4-15(13-26)12-25-8-3-5-21(25)27/h6-7,10-11,15H,2-5,8-9,12-14H2,1H3/t15-/m0/s1. The molecule has 1 atom stereocenters. The van der Waals surface area contributed by atoms with Crippen LogP contribution < -0.4 is 9.47 Å². The minimum Gasteiger partial charge on any atom is -0.497 e. The Balaban J connectivity index is 1.32. The van der Waals surface area contributed by atoms with Crippen LogP contribution in [0.2, 0.25) is 5.02 Å². The highest BCUT2D eigenvalue weighted by Crippen LogP contribution is 2.29. The lowest BCUT2D eigenvalue weighted by Gasteiger charge is -2.34. The SMILES string of the molecule is COc1ccc(OCc2cc(C(=O)N3CCC[C@@H](CN4CCCC4=O)C3)no2)c(Cl)c1. The number of likely N-dealkylation sites (tertiary alicyclic amines) is 2. The molecule has 2 fully saturated rings. The molecule has 0 saturated carbocycles. The number of amides is 2. The maximum absolute atomic E-state index is 12.9. The molecule has 4 rings (SSSR count). The molecule has 1 aromatic carbocycles. The van der Waals surface area contributed by atoms with Gasteiger partial charge in [0.05, 0.1) is 12.1 Å². The van der Waals surface area contributed by atoms with Crippen molar-refractivity contribution in [1.29, 1.82) is 0 Å². The lowest BCUT2D eigenvalue weighted by molar-refractivity contribution is -0.128. The van der Waals surface area contributed by atoms with E-state index in [1.165, 1.54) is 0 Å². The normalized spacial score (nSPS) is 19.0. The summed E-state index contributed by atoms with van der Waals surface area (Å²) in [5, 5.41) is 4.35. The van der Waals surface area contributed by atoms with Crippen molar-refractivity contribution in [1.82, 2.24) is 15.0 Å². The highest BCUT2D eigenvalue weighted by atomic mass is 35.5. The number of carbonyl (C=O) groups excluding carboxylic acids is 2. The zero-order valence-electron chi connectivity index (χ0n) is 17.5. The minimum atomic E-state index is -0.157. The number of rotatable bonds is 7. The number of nitrogens with zero attached hydrogens (tertiary/aromatic N) is 3. The number of hydrogen-bond acceptors (Lipinski definition) is 6. The molecule has 0 unspecified atom stereocenters. The summed E-state index contributed by atoms with van der Waals surface area (Å²) in [5.74, 6) is 1.93. The first-order valence-corrected chi connectivity index (χ1v) is 10.9. The number of benzene rings is 1. The van der Waals surface area contributed by atoms with Gasteiger partial charge in [0.25, 0.3) is 5.91 Å². The van der Waals surface area contributed by atoms with Crippen molar-refractivity contribution in [3.63, 3.8) is 0 Å². The molecule has 2 aliphatic heterocycles. The number of methoxy groups -OCH3 is 1. The molecule has 2 amide bonds. The molecule has 2 saturated heterocycles. The summed E-state index contributed by atoms with van der Waals surface area (Å²) in [6.45, 7) is 2.97. The van der Waals surface area contributed by atoms with Gasteiger partial charge in [-0.05, 0) is 37.3 Å². The molecule has 0 aliphatic carbocycles. The van der Waals surface area contributed by atoms with Crippen LogP contribution in [0.1, 0.15) is 41.9 Å². The molecule has 2 aliphatic rings. The first kappa shape index (κ1) is 21.5. The largest absolute Gasteiger partial charge is 0.497 e. The topological polar surface area (TPSA) is 85.1 Å². The predicted octanol–water partition coefficient (Wildman–Crippen LogP) is 3.39. The van der Waals surface area contributed by atoms with E-state index in [1.54, 1.807) is 36.3 Å². The maximum Gasteiger partial charge on any atom is 0.276 e. The average molecular weight is 448 g/mol. The Morgan fingerprint density at radius 1 is 1.29 bits per heavy atom. The van der Waals surface area contributed by atoms with E-state index in [0.29, 0.717) is 47.7 Å². The number of ether oxygens (including phenoxy) is 2. The van der Waals surface area contributed by atoms with Crippen molar-refractivity contribution in [3.8, 4) is 11.5 Å².